The molecule has 3 nitrogen and oxygen atoms in total. The number of likely N-dealkylation sites (N-methyl/N-ethyl adjacent to an activating group) is 1. The maximum atomic E-state index is 12.8. The van der Waals surface area contributed by atoms with Gasteiger partial charge in [0.05, 0.1) is 6.54 Å². The van der Waals surface area contributed by atoms with Gasteiger partial charge in [0.25, 0.3) is 0 Å². The molecule has 0 bridgehead atoms. The molecule has 0 N–H and O–H groups in total. The molecule has 0 unspecified atom stereocenters. The number of hydrogen-bond acceptors (Lipinski definition) is 2. The molecule has 21 heavy (non-hydrogen) atoms. The summed E-state index contributed by atoms with van der Waals surface area (Å²) in [6.07, 6.45) is -5.91. The first-order chi connectivity index (χ1) is 9.55. The highest BCUT2D eigenvalue weighted by molar-refractivity contribution is 5.84. The van der Waals surface area contributed by atoms with Crippen molar-refractivity contribution in [1.82, 2.24) is 4.90 Å². The number of halogens is 5. The third kappa shape index (κ3) is 4.30. The van der Waals surface area contributed by atoms with Crippen LogP contribution in [0.15, 0.2) is 24.3 Å². The van der Waals surface area contributed by atoms with Crippen LogP contribution in [0.2, 0.25) is 0 Å². The highest BCUT2D eigenvalue weighted by Crippen LogP contribution is 2.36. The van der Waals surface area contributed by atoms with Crippen molar-refractivity contribution in [3.63, 3.8) is 0 Å². The molecule has 0 aliphatic heterocycles. The van der Waals surface area contributed by atoms with Gasteiger partial charge in [0.15, 0.2) is 0 Å². The number of alkyl halides is 5. The summed E-state index contributed by atoms with van der Waals surface area (Å²) in [6, 6.07) is 6.80. The van der Waals surface area contributed by atoms with Crippen LogP contribution in [-0.2, 0) is 4.79 Å². The quantitative estimate of drug-likeness (QED) is 0.782. The molecule has 0 aliphatic carbocycles. The Morgan fingerprint density at radius 1 is 1.24 bits per heavy atom. The number of aryl methyl sites for hydroxylation is 1. The van der Waals surface area contributed by atoms with Crippen molar-refractivity contribution < 1.29 is 31.5 Å². The lowest BCUT2D eigenvalue weighted by Crippen LogP contribution is -2.51. The van der Waals surface area contributed by atoms with Crippen LogP contribution in [0.1, 0.15) is 5.56 Å². The second-order valence-corrected chi connectivity index (χ2v) is 4.46. The summed E-state index contributed by atoms with van der Waals surface area (Å²) in [4.78, 5) is 11.4. The van der Waals surface area contributed by atoms with Crippen LogP contribution >= 0.6 is 0 Å². The van der Waals surface area contributed by atoms with Gasteiger partial charge in [0.1, 0.15) is 12.4 Å². The van der Waals surface area contributed by atoms with Crippen molar-refractivity contribution in [1.29, 1.82) is 0 Å². The second-order valence-electron chi connectivity index (χ2n) is 4.46. The molecule has 1 aromatic carbocycles. The second kappa shape index (κ2) is 6.28. The van der Waals surface area contributed by atoms with Crippen LogP contribution in [0.25, 0.3) is 0 Å². The molecule has 8 heteroatoms. The van der Waals surface area contributed by atoms with Crippen molar-refractivity contribution in [3.05, 3.63) is 29.8 Å². The molecule has 1 aromatic rings. The van der Waals surface area contributed by atoms with E-state index in [4.69, 9.17) is 4.74 Å². The first-order valence-electron chi connectivity index (χ1n) is 5.95. The van der Waals surface area contributed by atoms with Crippen molar-refractivity contribution in [2.45, 2.75) is 19.0 Å². The van der Waals surface area contributed by atoms with E-state index < -0.39 is 24.6 Å². The molecular weight excluding hydrogens is 297 g/mol. The lowest BCUT2D eigenvalue weighted by Gasteiger charge is -2.24. The lowest BCUT2D eigenvalue weighted by atomic mass is 10.2. The molecule has 0 aromatic heterocycles. The van der Waals surface area contributed by atoms with Crippen LogP contribution in [0.3, 0.4) is 0 Å². The summed E-state index contributed by atoms with van der Waals surface area (Å²) >= 11 is 0. The van der Waals surface area contributed by atoms with E-state index in [1.807, 2.05) is 13.0 Å². The van der Waals surface area contributed by atoms with Crippen LogP contribution in [-0.4, -0.2) is 43.1 Å². The number of carbonyl (C=O) groups is 1. The monoisotopic (exact) mass is 311 g/mol. The van der Waals surface area contributed by atoms with Gasteiger partial charge in [-0.3, -0.25) is 4.79 Å². The molecule has 0 fully saturated rings. The van der Waals surface area contributed by atoms with Gasteiger partial charge in [-0.25, -0.2) is 0 Å². The minimum Gasteiger partial charge on any atom is -0.492 e. The summed E-state index contributed by atoms with van der Waals surface area (Å²) < 4.78 is 67.0. The van der Waals surface area contributed by atoms with E-state index in [2.05, 4.69) is 0 Å². The van der Waals surface area contributed by atoms with Gasteiger partial charge < -0.3 is 9.64 Å². The number of amides is 1. The van der Waals surface area contributed by atoms with Gasteiger partial charge in [-0.15, -0.1) is 0 Å². The normalized spacial score (nSPS) is 12.1. The van der Waals surface area contributed by atoms with Gasteiger partial charge >= 0.3 is 18.0 Å². The maximum absolute atomic E-state index is 12.8. The Labute approximate surface area is 118 Å². The summed E-state index contributed by atoms with van der Waals surface area (Å²) in [5.74, 6) is -7.26. The van der Waals surface area contributed by atoms with Crippen molar-refractivity contribution >= 4 is 5.91 Å². The summed E-state index contributed by atoms with van der Waals surface area (Å²) in [5.41, 5.74) is 0.903. The van der Waals surface area contributed by atoms with Crippen molar-refractivity contribution in [3.8, 4) is 5.75 Å². The van der Waals surface area contributed by atoms with Crippen LogP contribution in [0.4, 0.5) is 22.0 Å². The highest BCUT2D eigenvalue weighted by Gasteiger charge is 2.64. The van der Waals surface area contributed by atoms with Crippen LogP contribution < -0.4 is 4.74 Å². The van der Waals surface area contributed by atoms with Gasteiger partial charge in [-0.1, -0.05) is 12.1 Å². The van der Waals surface area contributed by atoms with E-state index in [1.165, 1.54) is 0 Å². The fourth-order valence-corrected chi connectivity index (χ4v) is 1.47. The number of ether oxygens (including phenoxy) is 1. The van der Waals surface area contributed by atoms with E-state index in [0.29, 0.717) is 10.6 Å². The minimum atomic E-state index is -5.91. The zero-order chi connectivity index (χ0) is 16.3. The number of nitrogens with zero attached hydrogens (tertiary/aromatic N) is 1. The Morgan fingerprint density at radius 2 is 1.86 bits per heavy atom. The summed E-state index contributed by atoms with van der Waals surface area (Å²) in [6.45, 7) is 1.23. The molecular formula is C13H14F5NO2. The van der Waals surface area contributed by atoms with E-state index in [-0.39, 0.29) is 6.61 Å². The SMILES string of the molecule is Cc1cccc(OCCN(C)C(=O)C(F)(F)C(F)(F)F)c1. The number of carbonyl (C=O) groups excluding carboxylic acids is 1. The van der Waals surface area contributed by atoms with Crippen molar-refractivity contribution in [2.75, 3.05) is 20.2 Å². The molecule has 0 radical (unpaired) electrons. The van der Waals surface area contributed by atoms with E-state index >= 15 is 0 Å². The van der Waals surface area contributed by atoms with Gasteiger partial charge in [-0.2, -0.15) is 22.0 Å². The number of benzene rings is 1. The molecule has 0 atom stereocenters. The Hall–Kier alpha value is -1.86. The predicted molar refractivity (Wildman–Crippen MR) is 65.3 cm³/mol. The first-order valence-corrected chi connectivity index (χ1v) is 5.95. The van der Waals surface area contributed by atoms with Gasteiger partial charge in [0, 0.05) is 7.05 Å². The van der Waals surface area contributed by atoms with Gasteiger partial charge in [-0.05, 0) is 24.6 Å². The number of hydrogen-bond donors (Lipinski definition) is 0. The van der Waals surface area contributed by atoms with Crippen LogP contribution in [0, 0.1) is 6.92 Å². The fraction of sp³-hybridized carbons (Fsp3) is 0.462. The predicted octanol–water partition coefficient (Wildman–Crippen LogP) is 3.03. The van der Waals surface area contributed by atoms with E-state index in [0.717, 1.165) is 12.6 Å². The lowest BCUT2D eigenvalue weighted by molar-refractivity contribution is -0.274. The topological polar surface area (TPSA) is 29.5 Å². The molecule has 1 rings (SSSR count). The number of rotatable bonds is 5. The average molecular weight is 311 g/mol. The third-order valence-corrected chi connectivity index (χ3v) is 2.66. The van der Waals surface area contributed by atoms with E-state index in [1.54, 1.807) is 18.2 Å². The Balaban J connectivity index is 2.54. The Kier molecular flexibility index (Phi) is 5.14. The highest BCUT2D eigenvalue weighted by atomic mass is 19.4. The summed E-state index contributed by atoms with van der Waals surface area (Å²) in [7, 11) is 0.863. The van der Waals surface area contributed by atoms with Crippen molar-refractivity contribution in [2.24, 2.45) is 0 Å². The zero-order valence-corrected chi connectivity index (χ0v) is 11.4. The fourth-order valence-electron chi connectivity index (χ4n) is 1.47. The van der Waals surface area contributed by atoms with Crippen LogP contribution in [0.5, 0.6) is 5.75 Å². The molecule has 0 saturated heterocycles. The summed E-state index contributed by atoms with van der Waals surface area (Å²) in [5, 5.41) is 0. The largest absolute Gasteiger partial charge is 0.492 e. The minimum absolute atomic E-state index is 0.195. The Bertz CT molecular complexity index is 502. The molecule has 0 saturated carbocycles. The van der Waals surface area contributed by atoms with E-state index in [9.17, 15) is 26.7 Å². The molecule has 0 spiro atoms. The first kappa shape index (κ1) is 17.2. The molecule has 1 amide bonds. The zero-order valence-electron chi connectivity index (χ0n) is 11.4. The molecule has 0 aliphatic rings. The van der Waals surface area contributed by atoms with Gasteiger partial charge in [0.2, 0.25) is 0 Å². The standard InChI is InChI=1S/C13H14F5NO2/c1-9-4-3-5-10(8-9)21-7-6-19(2)11(20)12(14,15)13(16,17)18/h3-5,8H,6-7H2,1-2H3. The third-order valence-electron chi connectivity index (χ3n) is 2.66. The maximum Gasteiger partial charge on any atom is 0.463 e. The average Bonchev–Trinajstić information content (AvgIpc) is 2.36. The Morgan fingerprint density at radius 3 is 2.38 bits per heavy atom. The molecule has 118 valence electrons. The molecule has 0 heterocycles. The smallest absolute Gasteiger partial charge is 0.463 e.